The normalized spacial score (nSPS) is 19.8. The highest BCUT2D eigenvalue weighted by molar-refractivity contribution is 5.59. The van der Waals surface area contributed by atoms with Crippen LogP contribution < -0.4 is 4.90 Å². The molecule has 0 radical (unpaired) electrons. The average molecular weight is 287 g/mol. The minimum atomic E-state index is -0.514. The van der Waals surface area contributed by atoms with Crippen molar-refractivity contribution in [3.63, 3.8) is 0 Å². The van der Waals surface area contributed by atoms with Crippen LogP contribution in [0.1, 0.15) is 44.4 Å². The third kappa shape index (κ3) is 3.37. The lowest BCUT2D eigenvalue weighted by Gasteiger charge is -2.28. The molecule has 2 atom stereocenters. The van der Waals surface area contributed by atoms with Gasteiger partial charge in [0.05, 0.1) is 17.7 Å². The smallest absolute Gasteiger partial charge is 0.0992 e. The van der Waals surface area contributed by atoms with Crippen molar-refractivity contribution in [1.82, 2.24) is 4.90 Å². The fourth-order valence-corrected chi connectivity index (χ4v) is 3.24. The topological polar surface area (TPSA) is 50.5 Å². The van der Waals surface area contributed by atoms with Gasteiger partial charge in [0.2, 0.25) is 0 Å². The number of nitriles is 1. The number of rotatable bonds is 5. The van der Waals surface area contributed by atoms with Crippen LogP contribution in [0.5, 0.6) is 0 Å². The molecule has 21 heavy (non-hydrogen) atoms. The Labute approximate surface area is 127 Å². The summed E-state index contributed by atoms with van der Waals surface area (Å²) in [6.07, 6.45) is 0.623. The molecule has 0 saturated carbocycles. The van der Waals surface area contributed by atoms with Crippen LogP contribution in [0.2, 0.25) is 0 Å². The number of aliphatic hydroxyl groups excluding tert-OH is 1. The van der Waals surface area contributed by atoms with Crippen LogP contribution in [0.3, 0.4) is 0 Å². The molecule has 1 heterocycles. The van der Waals surface area contributed by atoms with Gasteiger partial charge in [0.25, 0.3) is 0 Å². The van der Waals surface area contributed by atoms with Gasteiger partial charge in [0.15, 0.2) is 0 Å². The molecule has 0 bridgehead atoms. The molecule has 1 aromatic rings. The van der Waals surface area contributed by atoms with Gasteiger partial charge in [-0.05, 0) is 38.6 Å². The summed E-state index contributed by atoms with van der Waals surface area (Å²) in [4.78, 5) is 4.79. The zero-order valence-corrected chi connectivity index (χ0v) is 13.2. The van der Waals surface area contributed by atoms with E-state index in [0.717, 1.165) is 43.9 Å². The molecule has 0 aliphatic carbocycles. The van der Waals surface area contributed by atoms with Gasteiger partial charge in [-0.15, -0.1) is 0 Å². The van der Waals surface area contributed by atoms with Crippen molar-refractivity contribution in [2.24, 2.45) is 0 Å². The molecule has 1 aliphatic rings. The second-order valence-corrected chi connectivity index (χ2v) is 5.67. The summed E-state index contributed by atoms with van der Waals surface area (Å²) in [6, 6.07) is 8.33. The molecule has 0 amide bonds. The van der Waals surface area contributed by atoms with Crippen LogP contribution >= 0.6 is 0 Å². The highest BCUT2D eigenvalue weighted by atomic mass is 16.3. The first-order chi connectivity index (χ1) is 10.1. The van der Waals surface area contributed by atoms with Crippen molar-refractivity contribution >= 4 is 5.69 Å². The SMILES string of the molecule is CCN(CC)C1CCN(c2cc(C#N)ccc2C(C)O)C1. The Hall–Kier alpha value is -1.57. The lowest BCUT2D eigenvalue weighted by Crippen LogP contribution is -2.37. The van der Waals surface area contributed by atoms with Gasteiger partial charge in [-0.25, -0.2) is 0 Å². The van der Waals surface area contributed by atoms with Gasteiger partial charge in [-0.1, -0.05) is 19.9 Å². The van der Waals surface area contributed by atoms with Crippen LogP contribution in [0.4, 0.5) is 5.69 Å². The maximum Gasteiger partial charge on any atom is 0.0992 e. The molecule has 1 aromatic carbocycles. The summed E-state index contributed by atoms with van der Waals surface area (Å²) in [5.74, 6) is 0. The van der Waals surface area contributed by atoms with Crippen LogP contribution in [-0.4, -0.2) is 42.2 Å². The Kier molecular flexibility index (Phi) is 5.22. The maximum atomic E-state index is 9.98. The maximum absolute atomic E-state index is 9.98. The first-order valence-corrected chi connectivity index (χ1v) is 7.81. The Morgan fingerprint density at radius 2 is 2.14 bits per heavy atom. The summed E-state index contributed by atoms with van der Waals surface area (Å²) >= 11 is 0. The molecule has 4 heteroatoms. The van der Waals surface area contributed by atoms with E-state index < -0.39 is 6.10 Å². The monoisotopic (exact) mass is 287 g/mol. The molecule has 1 fully saturated rings. The number of benzene rings is 1. The predicted molar refractivity (Wildman–Crippen MR) is 85.3 cm³/mol. The van der Waals surface area contributed by atoms with Crippen molar-refractivity contribution < 1.29 is 5.11 Å². The Morgan fingerprint density at radius 1 is 1.43 bits per heavy atom. The quantitative estimate of drug-likeness (QED) is 0.904. The fraction of sp³-hybridized carbons (Fsp3) is 0.588. The third-order valence-electron chi connectivity index (χ3n) is 4.44. The molecular weight excluding hydrogens is 262 g/mol. The number of anilines is 1. The molecule has 4 nitrogen and oxygen atoms in total. The van der Waals surface area contributed by atoms with Crippen LogP contribution in [0.15, 0.2) is 18.2 Å². The van der Waals surface area contributed by atoms with Crippen LogP contribution in [-0.2, 0) is 0 Å². The molecule has 2 unspecified atom stereocenters. The highest BCUT2D eigenvalue weighted by Gasteiger charge is 2.28. The van der Waals surface area contributed by atoms with E-state index in [9.17, 15) is 5.11 Å². The van der Waals surface area contributed by atoms with E-state index in [0.29, 0.717) is 11.6 Å². The third-order valence-corrected chi connectivity index (χ3v) is 4.44. The number of likely N-dealkylation sites (N-methyl/N-ethyl adjacent to an activating group) is 1. The second-order valence-electron chi connectivity index (χ2n) is 5.67. The molecule has 1 saturated heterocycles. The molecular formula is C17H25N3O. The fourth-order valence-electron chi connectivity index (χ4n) is 3.24. The predicted octanol–water partition coefficient (Wildman–Crippen LogP) is 2.53. The largest absolute Gasteiger partial charge is 0.389 e. The molecule has 114 valence electrons. The van der Waals surface area contributed by atoms with Crippen molar-refractivity contribution in [2.45, 2.75) is 39.3 Å². The van der Waals surface area contributed by atoms with Crippen molar-refractivity contribution in [2.75, 3.05) is 31.1 Å². The van der Waals surface area contributed by atoms with Crippen LogP contribution in [0.25, 0.3) is 0 Å². The summed E-state index contributed by atoms with van der Waals surface area (Å²) < 4.78 is 0. The lowest BCUT2D eigenvalue weighted by molar-refractivity contribution is 0.199. The second kappa shape index (κ2) is 6.93. The first kappa shape index (κ1) is 15.8. The molecule has 0 aromatic heterocycles. The standard InChI is InChI=1S/C17H25N3O/c1-4-19(5-2)15-8-9-20(12-15)17-10-14(11-18)6-7-16(17)13(3)21/h6-7,10,13,15,21H,4-5,8-9,12H2,1-3H3. The van der Waals surface area contributed by atoms with E-state index in [1.54, 1.807) is 13.0 Å². The first-order valence-electron chi connectivity index (χ1n) is 7.81. The van der Waals surface area contributed by atoms with E-state index in [1.807, 2.05) is 12.1 Å². The lowest BCUT2D eigenvalue weighted by atomic mass is 10.0. The highest BCUT2D eigenvalue weighted by Crippen LogP contribution is 2.31. The molecule has 1 N–H and O–H groups in total. The van der Waals surface area contributed by atoms with E-state index in [-0.39, 0.29) is 0 Å². The number of hydrogen-bond donors (Lipinski definition) is 1. The van der Waals surface area contributed by atoms with Gasteiger partial charge >= 0.3 is 0 Å². The molecule has 0 spiro atoms. The molecule has 1 aliphatic heterocycles. The minimum absolute atomic E-state index is 0.514. The van der Waals surface area contributed by atoms with Gasteiger partial charge in [0.1, 0.15) is 0 Å². The minimum Gasteiger partial charge on any atom is -0.389 e. The van der Waals surface area contributed by atoms with Crippen molar-refractivity contribution in [1.29, 1.82) is 5.26 Å². The Bertz CT molecular complexity index is 517. The van der Waals surface area contributed by atoms with Gasteiger partial charge in [-0.2, -0.15) is 5.26 Å². The van der Waals surface area contributed by atoms with Crippen LogP contribution in [0, 0.1) is 11.3 Å². The average Bonchev–Trinajstić information content (AvgIpc) is 2.97. The summed E-state index contributed by atoms with van der Waals surface area (Å²) in [5.41, 5.74) is 2.58. The summed E-state index contributed by atoms with van der Waals surface area (Å²) in [6.45, 7) is 10.3. The zero-order valence-electron chi connectivity index (χ0n) is 13.2. The molecule has 2 rings (SSSR count). The summed E-state index contributed by atoms with van der Waals surface area (Å²) in [7, 11) is 0. The van der Waals surface area contributed by atoms with Gasteiger partial charge in [0, 0.05) is 30.4 Å². The van der Waals surface area contributed by atoms with E-state index in [2.05, 4.69) is 29.7 Å². The number of aliphatic hydroxyl groups is 1. The number of nitrogens with zero attached hydrogens (tertiary/aromatic N) is 3. The van der Waals surface area contributed by atoms with E-state index in [4.69, 9.17) is 5.26 Å². The summed E-state index contributed by atoms with van der Waals surface area (Å²) in [5, 5.41) is 19.1. The zero-order chi connectivity index (χ0) is 15.4. The van der Waals surface area contributed by atoms with E-state index in [1.165, 1.54) is 0 Å². The number of hydrogen-bond acceptors (Lipinski definition) is 4. The van der Waals surface area contributed by atoms with Gasteiger partial charge < -0.3 is 10.0 Å². The Balaban J connectivity index is 2.24. The van der Waals surface area contributed by atoms with E-state index >= 15 is 0 Å². The van der Waals surface area contributed by atoms with Crippen molar-refractivity contribution in [3.8, 4) is 6.07 Å². The van der Waals surface area contributed by atoms with Crippen molar-refractivity contribution in [3.05, 3.63) is 29.3 Å². The van der Waals surface area contributed by atoms with Gasteiger partial charge in [-0.3, -0.25) is 4.90 Å². The Morgan fingerprint density at radius 3 is 2.71 bits per heavy atom.